The lowest BCUT2D eigenvalue weighted by Crippen LogP contribution is -2.26. The molecule has 4 aromatic rings. The number of halogens is 1. The van der Waals surface area contributed by atoms with E-state index in [0.29, 0.717) is 24.6 Å². The van der Waals surface area contributed by atoms with Crippen LogP contribution < -0.4 is 10.1 Å². The maximum absolute atomic E-state index is 12.2. The molecule has 0 atom stereocenters. The number of rotatable bonds is 14. The van der Waals surface area contributed by atoms with Gasteiger partial charge in [0.05, 0.1) is 24.1 Å². The predicted octanol–water partition coefficient (Wildman–Crippen LogP) is 7.24. The topological polar surface area (TPSA) is 56.1 Å². The normalized spacial score (nSPS) is 11.1. The third-order valence-electron chi connectivity index (χ3n) is 6.68. The minimum absolute atomic E-state index is 0.0152. The molecule has 0 aliphatic carbocycles. The van der Waals surface area contributed by atoms with Crippen LogP contribution in [0.15, 0.2) is 66.7 Å². The lowest BCUT2D eigenvalue weighted by molar-refractivity contribution is -0.120. The van der Waals surface area contributed by atoms with Gasteiger partial charge < -0.3 is 14.6 Å². The number of benzene rings is 3. The largest absolute Gasteiger partial charge is 0.494 e. The van der Waals surface area contributed by atoms with Crippen LogP contribution in [-0.2, 0) is 24.2 Å². The number of hydrogen-bond donors (Lipinski definition) is 1. The molecule has 38 heavy (non-hydrogen) atoms. The van der Waals surface area contributed by atoms with E-state index in [2.05, 4.69) is 60.1 Å². The van der Waals surface area contributed by atoms with Gasteiger partial charge in [0, 0.05) is 24.5 Å². The maximum atomic E-state index is 12.2. The first-order valence-electron chi connectivity index (χ1n) is 13.6. The van der Waals surface area contributed by atoms with Crippen LogP contribution in [0, 0.1) is 13.8 Å². The molecule has 1 heterocycles. The molecule has 5 nitrogen and oxygen atoms in total. The second kappa shape index (κ2) is 14.0. The molecule has 0 unspecified atom stereocenters. The summed E-state index contributed by atoms with van der Waals surface area (Å²) in [6.45, 7) is 6.53. The number of amides is 1. The van der Waals surface area contributed by atoms with Crippen LogP contribution >= 0.6 is 11.6 Å². The fraction of sp³-hybridized carbons (Fsp3) is 0.375. The second-order valence-electron chi connectivity index (χ2n) is 9.98. The number of aryl methyl sites for hydroxylation is 4. The number of nitrogens with one attached hydrogen (secondary N) is 1. The molecule has 0 radical (unpaired) electrons. The van der Waals surface area contributed by atoms with Crippen molar-refractivity contribution in [2.75, 3.05) is 13.2 Å². The minimum atomic E-state index is 0.0152. The Morgan fingerprint density at radius 1 is 0.921 bits per heavy atom. The summed E-state index contributed by atoms with van der Waals surface area (Å²) in [5.74, 6) is 2.11. The predicted molar refractivity (Wildman–Crippen MR) is 156 cm³/mol. The second-order valence-corrected chi connectivity index (χ2v) is 10.4. The first-order valence-corrected chi connectivity index (χ1v) is 14.0. The molecule has 0 saturated heterocycles. The number of carbonyl (C=O) groups excluding carboxylic acids is 1. The first-order chi connectivity index (χ1) is 18.5. The van der Waals surface area contributed by atoms with E-state index in [9.17, 15) is 4.79 Å². The Balaban J connectivity index is 1.20. The molecule has 1 amide bonds. The fourth-order valence-corrected chi connectivity index (χ4v) is 5.04. The third kappa shape index (κ3) is 8.09. The van der Waals surface area contributed by atoms with Crippen LogP contribution in [0.25, 0.3) is 11.0 Å². The molecule has 0 saturated carbocycles. The molecular weight excluding hydrogens is 494 g/mol. The Labute approximate surface area is 231 Å². The highest BCUT2D eigenvalue weighted by atomic mass is 35.5. The zero-order valence-corrected chi connectivity index (χ0v) is 23.3. The summed E-state index contributed by atoms with van der Waals surface area (Å²) in [5.41, 5.74) is 5.58. The van der Waals surface area contributed by atoms with Crippen LogP contribution in [0.3, 0.4) is 0 Å². The van der Waals surface area contributed by atoms with E-state index in [0.717, 1.165) is 67.7 Å². The number of nitrogens with zero attached hydrogens (tertiary/aromatic N) is 2. The highest BCUT2D eigenvalue weighted by Crippen LogP contribution is 2.20. The number of carbonyl (C=O) groups is 1. The smallest absolute Gasteiger partial charge is 0.224 e. The molecule has 3 aromatic carbocycles. The quantitative estimate of drug-likeness (QED) is 0.174. The molecule has 4 rings (SSSR count). The van der Waals surface area contributed by atoms with Gasteiger partial charge in [-0.3, -0.25) is 4.79 Å². The summed E-state index contributed by atoms with van der Waals surface area (Å²) in [4.78, 5) is 17.2. The van der Waals surface area contributed by atoms with Gasteiger partial charge >= 0.3 is 0 Å². The lowest BCUT2D eigenvalue weighted by atomic mass is 10.1. The van der Waals surface area contributed by atoms with E-state index in [1.54, 1.807) is 0 Å². The highest BCUT2D eigenvalue weighted by molar-refractivity contribution is 6.31. The molecule has 0 spiro atoms. The number of imidazole rings is 1. The summed E-state index contributed by atoms with van der Waals surface area (Å²) >= 11 is 6.16. The Morgan fingerprint density at radius 2 is 1.68 bits per heavy atom. The van der Waals surface area contributed by atoms with E-state index in [4.69, 9.17) is 21.3 Å². The molecule has 200 valence electrons. The van der Waals surface area contributed by atoms with Gasteiger partial charge in [0.2, 0.25) is 5.91 Å². The molecule has 6 heteroatoms. The number of para-hydroxylation sites is 2. The van der Waals surface area contributed by atoms with Crippen LogP contribution in [-0.4, -0.2) is 28.6 Å². The van der Waals surface area contributed by atoms with Crippen molar-refractivity contribution in [3.63, 3.8) is 0 Å². The van der Waals surface area contributed by atoms with Crippen molar-refractivity contribution >= 4 is 28.5 Å². The van der Waals surface area contributed by atoms with Gasteiger partial charge in [0.15, 0.2) is 0 Å². The first kappa shape index (κ1) is 27.7. The highest BCUT2D eigenvalue weighted by Gasteiger charge is 2.11. The third-order valence-corrected chi connectivity index (χ3v) is 7.05. The van der Waals surface area contributed by atoms with Gasteiger partial charge in [-0.15, -0.1) is 0 Å². The molecule has 1 N–H and O–H groups in total. The Kier molecular flexibility index (Phi) is 10.2. The van der Waals surface area contributed by atoms with Gasteiger partial charge in [-0.2, -0.15) is 0 Å². The molecule has 1 aromatic heterocycles. The van der Waals surface area contributed by atoms with Crippen LogP contribution in [0.1, 0.15) is 54.6 Å². The summed E-state index contributed by atoms with van der Waals surface area (Å²) < 4.78 is 8.37. The summed E-state index contributed by atoms with van der Waals surface area (Å²) in [6, 6.07) is 22.2. The zero-order valence-electron chi connectivity index (χ0n) is 22.5. The molecule has 0 bridgehead atoms. The van der Waals surface area contributed by atoms with Crippen LogP contribution in [0.5, 0.6) is 5.75 Å². The molecule has 0 aliphatic rings. The number of ether oxygens (including phenoxy) is 1. The van der Waals surface area contributed by atoms with Crippen molar-refractivity contribution in [2.24, 2.45) is 0 Å². The SMILES string of the molecule is Cc1cc(C)cc(OCCCCn2c(CCCCCNC(=O)Cc3ccccc3Cl)nc3ccccc32)c1. The Hall–Kier alpha value is -3.31. The lowest BCUT2D eigenvalue weighted by Gasteiger charge is -2.11. The summed E-state index contributed by atoms with van der Waals surface area (Å²) in [7, 11) is 0. The average molecular weight is 532 g/mol. The van der Waals surface area contributed by atoms with Gasteiger partial charge in [0.25, 0.3) is 0 Å². The maximum Gasteiger partial charge on any atom is 0.224 e. The van der Waals surface area contributed by atoms with E-state index in [-0.39, 0.29) is 5.91 Å². The van der Waals surface area contributed by atoms with E-state index >= 15 is 0 Å². The summed E-state index contributed by atoms with van der Waals surface area (Å²) in [6.07, 6.45) is 6.31. The number of aromatic nitrogens is 2. The molecule has 0 fully saturated rings. The zero-order chi connectivity index (χ0) is 26.7. The van der Waals surface area contributed by atoms with Crippen molar-refractivity contribution in [3.05, 3.63) is 94.3 Å². The van der Waals surface area contributed by atoms with Crippen molar-refractivity contribution in [2.45, 2.75) is 65.3 Å². The van der Waals surface area contributed by atoms with Gasteiger partial charge in [-0.1, -0.05) is 54.4 Å². The van der Waals surface area contributed by atoms with Gasteiger partial charge in [-0.25, -0.2) is 4.98 Å². The van der Waals surface area contributed by atoms with Crippen LogP contribution in [0.4, 0.5) is 0 Å². The van der Waals surface area contributed by atoms with E-state index in [1.807, 2.05) is 30.3 Å². The van der Waals surface area contributed by atoms with Gasteiger partial charge in [-0.05, 0) is 86.6 Å². The monoisotopic (exact) mass is 531 g/mol. The minimum Gasteiger partial charge on any atom is -0.494 e. The number of hydrogen-bond acceptors (Lipinski definition) is 3. The van der Waals surface area contributed by atoms with E-state index < -0.39 is 0 Å². The Morgan fingerprint density at radius 3 is 2.50 bits per heavy atom. The van der Waals surface area contributed by atoms with Crippen molar-refractivity contribution in [3.8, 4) is 5.75 Å². The fourth-order valence-electron chi connectivity index (χ4n) is 4.83. The Bertz CT molecular complexity index is 1330. The molecular formula is C32H38ClN3O2. The van der Waals surface area contributed by atoms with Crippen molar-refractivity contribution in [1.29, 1.82) is 0 Å². The molecule has 0 aliphatic heterocycles. The summed E-state index contributed by atoms with van der Waals surface area (Å²) in [5, 5.41) is 3.66. The van der Waals surface area contributed by atoms with Crippen LogP contribution in [0.2, 0.25) is 5.02 Å². The van der Waals surface area contributed by atoms with E-state index in [1.165, 1.54) is 16.6 Å². The average Bonchev–Trinajstić information content (AvgIpc) is 3.24. The van der Waals surface area contributed by atoms with Gasteiger partial charge in [0.1, 0.15) is 11.6 Å². The van der Waals surface area contributed by atoms with Crippen molar-refractivity contribution < 1.29 is 9.53 Å². The number of fused-ring (bicyclic) bond motifs is 1. The number of unbranched alkanes of at least 4 members (excludes halogenated alkanes) is 3. The van der Waals surface area contributed by atoms with Crippen molar-refractivity contribution in [1.82, 2.24) is 14.9 Å². The standard InChI is InChI=1S/C32H38ClN3O2/c1-24-20-25(2)22-27(21-24)38-19-11-10-18-36-30-15-8-7-14-29(30)35-31(36)16-4-3-9-17-34-32(37)23-26-12-5-6-13-28(26)33/h5-8,12-15,20-22H,3-4,9-11,16-19,23H2,1-2H3,(H,34,37).